The van der Waals surface area contributed by atoms with E-state index in [2.05, 4.69) is 76.8 Å². The summed E-state index contributed by atoms with van der Waals surface area (Å²) in [5, 5.41) is 1.26. The average Bonchev–Trinajstić information content (AvgIpc) is 1.95. The van der Waals surface area contributed by atoms with Gasteiger partial charge in [-0.1, -0.05) is 51.1 Å². The Kier molecular flexibility index (Phi) is 5.69. The molecule has 0 amide bonds. The van der Waals surface area contributed by atoms with Gasteiger partial charge in [0.2, 0.25) is 8.32 Å². The third-order valence-corrected chi connectivity index (χ3v) is 5.98. The highest BCUT2D eigenvalue weighted by molar-refractivity contribution is 6.84. The standard InChI is InChI=1S/C13H30OSi3/c1-15(2,3)12-10-11-13(16(4,5)6)14-17(7,8)9/h10-12H,1-9H3/b12-10+,13-11+. The Morgan fingerprint density at radius 2 is 1.29 bits per heavy atom. The Morgan fingerprint density at radius 3 is 1.59 bits per heavy atom. The van der Waals surface area contributed by atoms with E-state index < -0.39 is 24.5 Å². The van der Waals surface area contributed by atoms with Crippen LogP contribution in [-0.4, -0.2) is 24.5 Å². The molecule has 0 spiro atoms. The molecule has 0 N–H and O–H groups in total. The van der Waals surface area contributed by atoms with Gasteiger partial charge in [-0.2, -0.15) is 0 Å². The van der Waals surface area contributed by atoms with Crippen LogP contribution in [0.15, 0.2) is 23.2 Å². The first kappa shape index (κ1) is 16.9. The molecule has 0 unspecified atom stereocenters. The molecule has 0 aromatic carbocycles. The molecule has 0 heterocycles. The topological polar surface area (TPSA) is 9.23 Å². The lowest BCUT2D eigenvalue weighted by Crippen LogP contribution is -2.34. The van der Waals surface area contributed by atoms with Crippen molar-refractivity contribution in [3.63, 3.8) is 0 Å². The summed E-state index contributed by atoms with van der Waals surface area (Å²) >= 11 is 0. The van der Waals surface area contributed by atoms with E-state index in [1.165, 1.54) is 5.38 Å². The minimum absolute atomic E-state index is 1.10. The van der Waals surface area contributed by atoms with Crippen LogP contribution in [0, 0.1) is 0 Å². The van der Waals surface area contributed by atoms with Crippen LogP contribution in [0.1, 0.15) is 0 Å². The molecule has 0 aliphatic carbocycles. The molecule has 0 radical (unpaired) electrons. The van der Waals surface area contributed by atoms with E-state index in [1.54, 1.807) is 0 Å². The summed E-state index contributed by atoms with van der Waals surface area (Å²) in [7, 11) is -3.93. The highest BCUT2D eigenvalue weighted by Crippen LogP contribution is 2.21. The molecule has 100 valence electrons. The maximum absolute atomic E-state index is 6.24. The fourth-order valence-electron chi connectivity index (χ4n) is 1.19. The van der Waals surface area contributed by atoms with Crippen molar-refractivity contribution < 1.29 is 4.43 Å². The summed E-state index contributed by atoms with van der Waals surface area (Å²) in [5.41, 5.74) is 2.38. The molecule has 0 bridgehead atoms. The lowest BCUT2D eigenvalue weighted by molar-refractivity contribution is 0.452. The Hall–Kier alpha value is -0.0694. The van der Waals surface area contributed by atoms with E-state index in [1.807, 2.05) is 0 Å². The van der Waals surface area contributed by atoms with Gasteiger partial charge >= 0.3 is 0 Å². The van der Waals surface area contributed by atoms with E-state index in [-0.39, 0.29) is 0 Å². The zero-order valence-corrected chi connectivity index (χ0v) is 16.1. The van der Waals surface area contributed by atoms with Crippen LogP contribution in [0.5, 0.6) is 0 Å². The molecule has 0 aromatic heterocycles. The predicted molar refractivity (Wildman–Crippen MR) is 88.3 cm³/mol. The molecule has 4 heteroatoms. The predicted octanol–water partition coefficient (Wildman–Crippen LogP) is 5.03. The fraction of sp³-hybridized carbons (Fsp3) is 0.692. The third-order valence-electron chi connectivity index (χ3n) is 2.00. The fourth-order valence-corrected chi connectivity index (χ4v) is 5.33. The number of rotatable bonds is 5. The molecule has 0 fully saturated rings. The first-order chi connectivity index (χ1) is 7.31. The average molecular weight is 287 g/mol. The summed E-state index contributed by atoms with van der Waals surface area (Å²) < 4.78 is 6.24. The van der Waals surface area contributed by atoms with Crippen LogP contribution >= 0.6 is 0 Å². The monoisotopic (exact) mass is 286 g/mol. The van der Waals surface area contributed by atoms with Gasteiger partial charge < -0.3 is 4.43 Å². The summed E-state index contributed by atoms with van der Waals surface area (Å²) in [5.74, 6) is 0. The van der Waals surface area contributed by atoms with E-state index in [0.29, 0.717) is 0 Å². The second-order valence-electron chi connectivity index (χ2n) is 7.72. The van der Waals surface area contributed by atoms with Crippen LogP contribution in [0.25, 0.3) is 0 Å². The molecule has 0 saturated carbocycles. The van der Waals surface area contributed by atoms with Gasteiger partial charge in [-0.25, -0.2) is 0 Å². The SMILES string of the molecule is C[Si](C)(C)/C=C/C=C(\O[Si](C)(C)C)[Si](C)(C)C. The molecule has 0 aromatic rings. The molecule has 17 heavy (non-hydrogen) atoms. The summed E-state index contributed by atoms with van der Waals surface area (Å²) in [6, 6.07) is 0. The smallest absolute Gasteiger partial charge is 0.241 e. The van der Waals surface area contributed by atoms with Crippen LogP contribution in [0.2, 0.25) is 58.9 Å². The van der Waals surface area contributed by atoms with Crippen molar-refractivity contribution in [1.29, 1.82) is 0 Å². The Bertz CT molecular complexity index is 298. The van der Waals surface area contributed by atoms with Gasteiger partial charge in [0, 0.05) is 0 Å². The zero-order valence-electron chi connectivity index (χ0n) is 13.1. The molecule has 0 aliphatic rings. The van der Waals surface area contributed by atoms with E-state index in [9.17, 15) is 0 Å². The number of hydrogen-bond donors (Lipinski definition) is 0. The highest BCUT2D eigenvalue weighted by atomic mass is 28.4. The van der Waals surface area contributed by atoms with Crippen molar-refractivity contribution in [1.82, 2.24) is 0 Å². The van der Waals surface area contributed by atoms with E-state index >= 15 is 0 Å². The van der Waals surface area contributed by atoms with Gasteiger partial charge in [0.1, 0.15) is 8.07 Å². The lowest BCUT2D eigenvalue weighted by atomic mass is 10.6. The van der Waals surface area contributed by atoms with Gasteiger partial charge in [0.15, 0.2) is 0 Å². The molecular formula is C13H30OSi3. The van der Waals surface area contributed by atoms with Crippen LogP contribution in [-0.2, 0) is 4.43 Å². The van der Waals surface area contributed by atoms with Gasteiger partial charge in [0.05, 0.1) is 13.5 Å². The third kappa shape index (κ3) is 9.62. The van der Waals surface area contributed by atoms with Crippen molar-refractivity contribution in [3.05, 3.63) is 23.2 Å². The normalized spacial score (nSPS) is 15.5. The van der Waals surface area contributed by atoms with Crippen molar-refractivity contribution >= 4 is 24.5 Å². The summed E-state index contributed by atoms with van der Waals surface area (Å²) in [6.45, 7) is 20.9. The maximum Gasteiger partial charge on any atom is 0.241 e. The van der Waals surface area contributed by atoms with Crippen molar-refractivity contribution in [2.75, 3.05) is 0 Å². The van der Waals surface area contributed by atoms with E-state index in [0.717, 1.165) is 0 Å². The zero-order chi connectivity index (χ0) is 13.9. The van der Waals surface area contributed by atoms with Crippen molar-refractivity contribution in [2.24, 2.45) is 0 Å². The molecule has 0 aliphatic heterocycles. The summed E-state index contributed by atoms with van der Waals surface area (Å²) in [4.78, 5) is 0. The largest absolute Gasteiger partial charge is 0.551 e. The molecule has 0 atom stereocenters. The lowest BCUT2D eigenvalue weighted by Gasteiger charge is -2.29. The Morgan fingerprint density at radius 1 is 0.824 bits per heavy atom. The first-order valence-electron chi connectivity index (χ1n) is 6.40. The van der Waals surface area contributed by atoms with Crippen molar-refractivity contribution in [3.8, 4) is 0 Å². The van der Waals surface area contributed by atoms with Crippen LogP contribution in [0.4, 0.5) is 0 Å². The second kappa shape index (κ2) is 5.71. The highest BCUT2D eigenvalue weighted by Gasteiger charge is 2.26. The van der Waals surface area contributed by atoms with Gasteiger partial charge in [-0.15, -0.1) is 0 Å². The first-order valence-corrected chi connectivity index (χ1v) is 16.9. The minimum atomic E-state index is -1.48. The molecule has 0 rings (SSSR count). The van der Waals surface area contributed by atoms with Gasteiger partial charge in [0.25, 0.3) is 0 Å². The second-order valence-corrected chi connectivity index (χ2v) is 22.2. The maximum atomic E-state index is 6.24. The van der Waals surface area contributed by atoms with Crippen LogP contribution in [0.3, 0.4) is 0 Å². The Balaban J connectivity index is 4.96. The number of hydrogen-bond acceptors (Lipinski definition) is 1. The van der Waals surface area contributed by atoms with Crippen molar-refractivity contribution in [2.45, 2.75) is 58.9 Å². The molecule has 1 nitrogen and oxygen atoms in total. The molecule has 0 saturated heterocycles. The molecular weight excluding hydrogens is 256 g/mol. The quantitative estimate of drug-likeness (QED) is 0.391. The van der Waals surface area contributed by atoms with E-state index in [4.69, 9.17) is 4.43 Å². The van der Waals surface area contributed by atoms with Crippen LogP contribution < -0.4 is 0 Å². The minimum Gasteiger partial charge on any atom is -0.551 e. The Labute approximate surface area is 111 Å². The summed E-state index contributed by atoms with van der Waals surface area (Å²) in [6.07, 6.45) is 4.45. The number of allylic oxidation sites excluding steroid dienone is 2. The van der Waals surface area contributed by atoms with Gasteiger partial charge in [-0.3, -0.25) is 0 Å². The van der Waals surface area contributed by atoms with Gasteiger partial charge in [-0.05, 0) is 25.7 Å².